The summed E-state index contributed by atoms with van der Waals surface area (Å²) in [5.41, 5.74) is 2.64. The van der Waals surface area contributed by atoms with Crippen molar-refractivity contribution in [1.82, 2.24) is 14.7 Å². The molecule has 2 aromatic carbocycles. The van der Waals surface area contributed by atoms with Crippen LogP contribution in [0.15, 0.2) is 67.0 Å². The molecule has 1 amide bonds. The zero-order valence-electron chi connectivity index (χ0n) is 14.3. The maximum atomic E-state index is 12.8. The summed E-state index contributed by atoms with van der Waals surface area (Å²) in [6.07, 6.45) is 3.38. The molecule has 0 atom stereocenters. The minimum absolute atomic E-state index is 0.0194. The number of carbonyl (C=O) groups is 1. The van der Waals surface area contributed by atoms with Gasteiger partial charge in [-0.05, 0) is 30.3 Å². The molecule has 26 heavy (non-hydrogen) atoms. The average Bonchev–Trinajstić information content (AvgIpc) is 3.18. The molecule has 4 rings (SSSR count). The number of para-hydroxylation sites is 1. The monoisotopic (exact) mass is 366 g/mol. The van der Waals surface area contributed by atoms with Gasteiger partial charge in [0.15, 0.2) is 0 Å². The second-order valence-electron chi connectivity index (χ2n) is 6.27. The van der Waals surface area contributed by atoms with Gasteiger partial charge in [-0.1, -0.05) is 35.9 Å². The van der Waals surface area contributed by atoms with Crippen molar-refractivity contribution in [2.24, 2.45) is 0 Å². The summed E-state index contributed by atoms with van der Waals surface area (Å²) in [6, 6.07) is 17.7. The summed E-state index contributed by atoms with van der Waals surface area (Å²) in [5, 5.41) is 4.95. The summed E-state index contributed by atoms with van der Waals surface area (Å²) in [7, 11) is 0. The van der Waals surface area contributed by atoms with Crippen LogP contribution < -0.4 is 4.90 Å². The third-order valence-electron chi connectivity index (χ3n) is 4.59. The first-order chi connectivity index (χ1) is 12.7. The Morgan fingerprint density at radius 3 is 2.38 bits per heavy atom. The van der Waals surface area contributed by atoms with Gasteiger partial charge in [-0.3, -0.25) is 4.79 Å². The molecular formula is C20H19ClN4O. The number of hydrogen-bond donors (Lipinski definition) is 0. The van der Waals surface area contributed by atoms with Gasteiger partial charge in [-0.15, -0.1) is 0 Å². The number of aromatic nitrogens is 2. The van der Waals surface area contributed by atoms with Gasteiger partial charge in [0, 0.05) is 43.1 Å². The highest BCUT2D eigenvalue weighted by atomic mass is 35.5. The molecule has 0 unspecified atom stereocenters. The number of piperazine rings is 1. The smallest absolute Gasteiger partial charge is 0.257 e. The highest BCUT2D eigenvalue weighted by Crippen LogP contribution is 2.18. The molecule has 1 fully saturated rings. The molecule has 0 spiro atoms. The van der Waals surface area contributed by atoms with Crippen LogP contribution in [0, 0.1) is 0 Å². The molecule has 0 saturated carbocycles. The van der Waals surface area contributed by atoms with Gasteiger partial charge in [-0.25, -0.2) is 4.68 Å². The zero-order valence-corrected chi connectivity index (χ0v) is 15.0. The van der Waals surface area contributed by atoms with Gasteiger partial charge < -0.3 is 9.80 Å². The Labute approximate surface area is 157 Å². The largest absolute Gasteiger partial charge is 0.368 e. The van der Waals surface area contributed by atoms with Crippen molar-refractivity contribution in [1.29, 1.82) is 0 Å². The van der Waals surface area contributed by atoms with Gasteiger partial charge in [-0.2, -0.15) is 5.10 Å². The SMILES string of the molecule is O=C(c1cnn(-c2cccc(Cl)c2)c1)N1CCN(c2ccccc2)CC1. The van der Waals surface area contributed by atoms with Gasteiger partial charge in [0.05, 0.1) is 17.4 Å². The lowest BCUT2D eigenvalue weighted by molar-refractivity contribution is 0.0747. The van der Waals surface area contributed by atoms with Crippen molar-refractivity contribution in [2.45, 2.75) is 0 Å². The van der Waals surface area contributed by atoms with Crippen LogP contribution in [0.3, 0.4) is 0 Å². The van der Waals surface area contributed by atoms with Gasteiger partial charge in [0.25, 0.3) is 5.91 Å². The predicted octanol–water partition coefficient (Wildman–Crippen LogP) is 3.49. The highest BCUT2D eigenvalue weighted by molar-refractivity contribution is 6.30. The molecule has 0 radical (unpaired) electrons. The highest BCUT2D eigenvalue weighted by Gasteiger charge is 2.23. The van der Waals surface area contributed by atoms with Crippen LogP contribution in [-0.4, -0.2) is 46.8 Å². The second-order valence-corrected chi connectivity index (χ2v) is 6.70. The molecule has 1 aliphatic heterocycles. The molecule has 1 saturated heterocycles. The van der Waals surface area contributed by atoms with E-state index in [2.05, 4.69) is 22.1 Å². The molecule has 0 aliphatic carbocycles. The van der Waals surface area contributed by atoms with Crippen LogP contribution in [0.2, 0.25) is 5.02 Å². The Morgan fingerprint density at radius 1 is 0.923 bits per heavy atom. The topological polar surface area (TPSA) is 41.4 Å². The Balaban J connectivity index is 1.43. The molecule has 0 bridgehead atoms. The second kappa shape index (κ2) is 7.22. The molecule has 0 N–H and O–H groups in total. The van der Waals surface area contributed by atoms with E-state index in [1.807, 2.05) is 47.4 Å². The molecule has 1 aliphatic rings. The Bertz CT molecular complexity index is 901. The van der Waals surface area contributed by atoms with Crippen LogP contribution in [0.25, 0.3) is 5.69 Å². The number of anilines is 1. The van der Waals surface area contributed by atoms with Crippen molar-refractivity contribution in [3.05, 3.63) is 77.6 Å². The number of benzene rings is 2. The van der Waals surface area contributed by atoms with Crippen molar-refractivity contribution in [3.8, 4) is 5.69 Å². The third kappa shape index (κ3) is 3.44. The summed E-state index contributed by atoms with van der Waals surface area (Å²) >= 11 is 6.03. The lowest BCUT2D eigenvalue weighted by Crippen LogP contribution is -2.48. The first kappa shape index (κ1) is 16.7. The maximum absolute atomic E-state index is 12.8. The summed E-state index contributed by atoms with van der Waals surface area (Å²) in [4.78, 5) is 17.0. The molecular weight excluding hydrogens is 348 g/mol. The van der Waals surface area contributed by atoms with E-state index >= 15 is 0 Å². The number of halogens is 1. The van der Waals surface area contributed by atoms with E-state index in [-0.39, 0.29) is 5.91 Å². The van der Waals surface area contributed by atoms with E-state index in [4.69, 9.17) is 11.6 Å². The Hall–Kier alpha value is -2.79. The van der Waals surface area contributed by atoms with E-state index in [0.717, 1.165) is 18.8 Å². The van der Waals surface area contributed by atoms with Crippen LogP contribution in [0.5, 0.6) is 0 Å². The Kier molecular flexibility index (Phi) is 4.63. The fourth-order valence-corrected chi connectivity index (χ4v) is 3.37. The standard InChI is InChI=1S/C20H19ClN4O/c21-17-5-4-8-19(13-17)25-15-16(14-22-25)20(26)24-11-9-23(10-12-24)18-6-2-1-3-7-18/h1-8,13-15H,9-12H2. The van der Waals surface area contributed by atoms with E-state index in [9.17, 15) is 4.79 Å². The maximum Gasteiger partial charge on any atom is 0.257 e. The minimum Gasteiger partial charge on any atom is -0.368 e. The lowest BCUT2D eigenvalue weighted by atomic mass is 10.2. The molecule has 1 aromatic heterocycles. The predicted molar refractivity (Wildman–Crippen MR) is 103 cm³/mol. The van der Waals surface area contributed by atoms with Crippen molar-refractivity contribution < 1.29 is 4.79 Å². The normalized spacial score (nSPS) is 14.5. The quantitative estimate of drug-likeness (QED) is 0.712. The molecule has 132 valence electrons. The minimum atomic E-state index is 0.0194. The first-order valence-electron chi connectivity index (χ1n) is 8.60. The van der Waals surface area contributed by atoms with Crippen molar-refractivity contribution >= 4 is 23.2 Å². The summed E-state index contributed by atoms with van der Waals surface area (Å²) in [6.45, 7) is 3.07. The first-order valence-corrected chi connectivity index (χ1v) is 8.98. The molecule has 5 nitrogen and oxygen atoms in total. The van der Waals surface area contributed by atoms with Crippen LogP contribution in [0.4, 0.5) is 5.69 Å². The fourth-order valence-electron chi connectivity index (χ4n) is 3.18. The number of nitrogens with zero attached hydrogens (tertiary/aromatic N) is 4. The summed E-state index contributed by atoms with van der Waals surface area (Å²) in [5.74, 6) is 0.0194. The number of amides is 1. The molecule has 6 heteroatoms. The van der Waals surface area contributed by atoms with Gasteiger partial charge in [0.2, 0.25) is 0 Å². The van der Waals surface area contributed by atoms with E-state index in [1.54, 1.807) is 17.1 Å². The number of hydrogen-bond acceptors (Lipinski definition) is 3. The van der Waals surface area contributed by atoms with Crippen LogP contribution >= 0.6 is 11.6 Å². The summed E-state index contributed by atoms with van der Waals surface area (Å²) < 4.78 is 1.68. The van der Waals surface area contributed by atoms with Crippen LogP contribution in [0.1, 0.15) is 10.4 Å². The Morgan fingerprint density at radius 2 is 1.65 bits per heavy atom. The number of rotatable bonds is 3. The van der Waals surface area contributed by atoms with E-state index in [0.29, 0.717) is 23.7 Å². The molecule has 2 heterocycles. The average molecular weight is 367 g/mol. The number of carbonyl (C=O) groups excluding carboxylic acids is 1. The zero-order chi connectivity index (χ0) is 17.9. The van der Waals surface area contributed by atoms with E-state index < -0.39 is 0 Å². The van der Waals surface area contributed by atoms with E-state index in [1.165, 1.54) is 5.69 Å². The van der Waals surface area contributed by atoms with Crippen molar-refractivity contribution in [3.63, 3.8) is 0 Å². The van der Waals surface area contributed by atoms with Crippen molar-refractivity contribution in [2.75, 3.05) is 31.1 Å². The lowest BCUT2D eigenvalue weighted by Gasteiger charge is -2.36. The van der Waals surface area contributed by atoms with Gasteiger partial charge >= 0.3 is 0 Å². The molecule has 3 aromatic rings. The van der Waals surface area contributed by atoms with Crippen LogP contribution in [-0.2, 0) is 0 Å². The third-order valence-corrected chi connectivity index (χ3v) is 4.83. The van der Waals surface area contributed by atoms with Gasteiger partial charge in [0.1, 0.15) is 0 Å². The fraction of sp³-hybridized carbons (Fsp3) is 0.200.